The number of rotatable bonds is 1. The standard InChI is InChI=1S/C7H7N5/c1-2-6(4-8-3-1)7-11-9-5-10-12-7/h1-5H,(H,9,10)(H,11,12). The van der Waals surface area contributed by atoms with Gasteiger partial charge in [-0.1, -0.05) is 0 Å². The van der Waals surface area contributed by atoms with Crippen molar-refractivity contribution in [2.45, 2.75) is 0 Å². The Kier molecular flexibility index (Phi) is 1.69. The molecule has 0 spiro atoms. The Balaban J connectivity index is 2.26. The molecule has 0 aromatic carbocycles. The van der Waals surface area contributed by atoms with Gasteiger partial charge in [0.05, 0.1) is 0 Å². The van der Waals surface area contributed by atoms with E-state index in [1.807, 2.05) is 12.1 Å². The number of pyridine rings is 1. The van der Waals surface area contributed by atoms with Crippen molar-refractivity contribution in [2.24, 2.45) is 10.2 Å². The molecule has 2 rings (SSSR count). The Morgan fingerprint density at radius 2 is 2.33 bits per heavy atom. The molecule has 12 heavy (non-hydrogen) atoms. The Labute approximate surface area is 69.2 Å². The van der Waals surface area contributed by atoms with E-state index in [9.17, 15) is 0 Å². The van der Waals surface area contributed by atoms with Crippen LogP contribution in [-0.2, 0) is 0 Å². The molecule has 0 radical (unpaired) electrons. The summed E-state index contributed by atoms with van der Waals surface area (Å²) < 4.78 is 0. The predicted octanol–water partition coefficient (Wildman–Crippen LogP) is -0.121. The van der Waals surface area contributed by atoms with Gasteiger partial charge < -0.3 is 0 Å². The third kappa shape index (κ3) is 1.24. The largest absolute Gasteiger partial charge is 0.264 e. The maximum atomic E-state index is 3.97. The topological polar surface area (TPSA) is 61.7 Å². The molecule has 0 aliphatic carbocycles. The van der Waals surface area contributed by atoms with Crippen LogP contribution < -0.4 is 10.9 Å². The molecule has 2 heterocycles. The van der Waals surface area contributed by atoms with Gasteiger partial charge in [0.25, 0.3) is 0 Å². The maximum Gasteiger partial charge on any atom is 0.175 e. The van der Waals surface area contributed by atoms with Crippen molar-refractivity contribution >= 4 is 12.2 Å². The van der Waals surface area contributed by atoms with E-state index in [1.54, 1.807) is 12.4 Å². The average Bonchev–Trinajstić information content (AvgIpc) is 2.21. The molecule has 2 N–H and O–H groups in total. The van der Waals surface area contributed by atoms with Crippen molar-refractivity contribution in [3.8, 4) is 0 Å². The van der Waals surface area contributed by atoms with Crippen LogP contribution in [0.3, 0.4) is 0 Å². The second-order valence-corrected chi connectivity index (χ2v) is 2.20. The molecule has 0 saturated carbocycles. The fourth-order valence-corrected chi connectivity index (χ4v) is 0.873. The lowest BCUT2D eigenvalue weighted by molar-refractivity contribution is 0.904. The molecule has 0 unspecified atom stereocenters. The first-order valence-corrected chi connectivity index (χ1v) is 3.48. The molecule has 0 saturated heterocycles. The van der Waals surface area contributed by atoms with Crippen LogP contribution in [-0.4, -0.2) is 17.2 Å². The van der Waals surface area contributed by atoms with Gasteiger partial charge in [-0.25, -0.2) is 0 Å². The van der Waals surface area contributed by atoms with Crippen LogP contribution >= 0.6 is 0 Å². The van der Waals surface area contributed by atoms with E-state index in [0.717, 1.165) is 5.56 Å². The molecular formula is C7H7N5. The summed E-state index contributed by atoms with van der Waals surface area (Å²) in [5.74, 6) is 0.672. The summed E-state index contributed by atoms with van der Waals surface area (Å²) in [5.41, 5.74) is 6.30. The molecule has 1 aromatic heterocycles. The zero-order chi connectivity index (χ0) is 8.23. The van der Waals surface area contributed by atoms with E-state index in [-0.39, 0.29) is 0 Å². The normalized spacial score (nSPS) is 14.5. The highest BCUT2D eigenvalue weighted by Crippen LogP contribution is 1.96. The summed E-state index contributed by atoms with van der Waals surface area (Å²) in [6, 6.07) is 3.75. The number of nitrogens with zero attached hydrogens (tertiary/aromatic N) is 3. The van der Waals surface area contributed by atoms with Crippen LogP contribution in [0.2, 0.25) is 0 Å². The third-order valence-electron chi connectivity index (χ3n) is 1.40. The van der Waals surface area contributed by atoms with Crippen molar-refractivity contribution in [1.29, 1.82) is 0 Å². The number of nitrogens with one attached hydrogen (secondary N) is 2. The Morgan fingerprint density at radius 3 is 3.00 bits per heavy atom. The molecule has 1 aromatic rings. The summed E-state index contributed by atoms with van der Waals surface area (Å²) >= 11 is 0. The smallest absolute Gasteiger partial charge is 0.175 e. The number of amidine groups is 1. The van der Waals surface area contributed by atoms with E-state index in [2.05, 4.69) is 26.0 Å². The van der Waals surface area contributed by atoms with Crippen molar-refractivity contribution in [3.05, 3.63) is 30.1 Å². The summed E-state index contributed by atoms with van der Waals surface area (Å²) in [4.78, 5) is 3.96. The van der Waals surface area contributed by atoms with Gasteiger partial charge in [-0.2, -0.15) is 10.2 Å². The SMILES string of the molecule is C1=NNC(c2cccnc2)=NN1. The Morgan fingerprint density at radius 1 is 1.33 bits per heavy atom. The van der Waals surface area contributed by atoms with Gasteiger partial charge in [0.2, 0.25) is 0 Å². The van der Waals surface area contributed by atoms with Gasteiger partial charge in [-0.15, -0.1) is 0 Å². The lowest BCUT2D eigenvalue weighted by Crippen LogP contribution is -2.27. The van der Waals surface area contributed by atoms with Gasteiger partial charge in [-0.05, 0) is 12.1 Å². The highest BCUT2D eigenvalue weighted by atomic mass is 15.5. The molecule has 0 amide bonds. The zero-order valence-electron chi connectivity index (χ0n) is 6.23. The van der Waals surface area contributed by atoms with Crippen LogP contribution in [0, 0.1) is 0 Å². The van der Waals surface area contributed by atoms with Crippen molar-refractivity contribution < 1.29 is 0 Å². The minimum atomic E-state index is 0.672. The third-order valence-corrected chi connectivity index (χ3v) is 1.40. The van der Waals surface area contributed by atoms with E-state index in [0.29, 0.717) is 5.84 Å². The molecule has 60 valence electrons. The van der Waals surface area contributed by atoms with Gasteiger partial charge in [-0.3, -0.25) is 15.8 Å². The van der Waals surface area contributed by atoms with Crippen molar-refractivity contribution in [3.63, 3.8) is 0 Å². The quantitative estimate of drug-likeness (QED) is 0.603. The molecule has 0 fully saturated rings. The highest BCUT2D eigenvalue weighted by Gasteiger charge is 2.02. The summed E-state index contributed by atoms with van der Waals surface area (Å²) in [6.07, 6.45) is 4.90. The minimum Gasteiger partial charge on any atom is -0.264 e. The van der Waals surface area contributed by atoms with Crippen LogP contribution in [0.25, 0.3) is 0 Å². The van der Waals surface area contributed by atoms with Crippen LogP contribution in [0.5, 0.6) is 0 Å². The second kappa shape index (κ2) is 3.00. The van der Waals surface area contributed by atoms with Gasteiger partial charge in [0.1, 0.15) is 6.34 Å². The first-order valence-electron chi connectivity index (χ1n) is 3.48. The minimum absolute atomic E-state index is 0.672. The fraction of sp³-hybridized carbons (Fsp3) is 0. The number of hydrazone groups is 2. The van der Waals surface area contributed by atoms with Gasteiger partial charge in [0.15, 0.2) is 5.84 Å². The monoisotopic (exact) mass is 161 g/mol. The molecule has 1 aliphatic heterocycles. The lowest BCUT2D eigenvalue weighted by Gasteiger charge is -2.07. The number of hydrogen-bond acceptors (Lipinski definition) is 5. The maximum absolute atomic E-state index is 3.97. The van der Waals surface area contributed by atoms with Gasteiger partial charge in [0, 0.05) is 18.0 Å². The molecule has 0 bridgehead atoms. The summed E-state index contributed by atoms with van der Waals surface area (Å²) in [6.45, 7) is 0. The van der Waals surface area contributed by atoms with Crippen molar-refractivity contribution in [2.75, 3.05) is 0 Å². The van der Waals surface area contributed by atoms with Crippen LogP contribution in [0.4, 0.5) is 0 Å². The lowest BCUT2D eigenvalue weighted by atomic mass is 10.3. The molecule has 5 nitrogen and oxygen atoms in total. The molecule has 1 aliphatic rings. The number of aromatic nitrogens is 1. The average molecular weight is 161 g/mol. The first-order chi connectivity index (χ1) is 5.97. The van der Waals surface area contributed by atoms with E-state index >= 15 is 0 Å². The molecule has 0 atom stereocenters. The second-order valence-electron chi connectivity index (χ2n) is 2.20. The van der Waals surface area contributed by atoms with E-state index in [4.69, 9.17) is 0 Å². The van der Waals surface area contributed by atoms with Crippen molar-refractivity contribution in [1.82, 2.24) is 15.8 Å². The Hall–Kier alpha value is -1.91. The first kappa shape index (κ1) is 6.78. The van der Waals surface area contributed by atoms with Gasteiger partial charge >= 0.3 is 0 Å². The number of hydrogen-bond donors (Lipinski definition) is 2. The molecule has 5 heteroatoms. The van der Waals surface area contributed by atoms with Crippen LogP contribution in [0.1, 0.15) is 5.56 Å². The predicted molar refractivity (Wildman–Crippen MR) is 45.5 cm³/mol. The highest BCUT2D eigenvalue weighted by molar-refractivity contribution is 5.99. The summed E-state index contributed by atoms with van der Waals surface area (Å²) in [7, 11) is 0. The Bertz CT molecular complexity index is 316. The fourth-order valence-electron chi connectivity index (χ4n) is 0.873. The zero-order valence-corrected chi connectivity index (χ0v) is 6.23. The summed E-state index contributed by atoms with van der Waals surface area (Å²) in [5, 5.41) is 7.76. The van der Waals surface area contributed by atoms with Crippen LogP contribution in [0.15, 0.2) is 34.7 Å². The van der Waals surface area contributed by atoms with E-state index in [1.165, 1.54) is 6.34 Å². The molecular weight excluding hydrogens is 154 g/mol. The van der Waals surface area contributed by atoms with E-state index < -0.39 is 0 Å².